The van der Waals surface area contributed by atoms with E-state index in [9.17, 15) is 0 Å². The Balaban J connectivity index is 2.26. The monoisotopic (exact) mass is 209 g/mol. The second kappa shape index (κ2) is 5.91. The average Bonchev–Trinajstić information content (AvgIpc) is 2.58. The molecule has 1 unspecified atom stereocenters. The maximum Gasteiger partial charge on any atom is 0.0637 e. The van der Waals surface area contributed by atoms with Crippen LogP contribution >= 0.6 is 0 Å². The Morgan fingerprint density at radius 3 is 2.67 bits per heavy atom. The van der Waals surface area contributed by atoms with Gasteiger partial charge in [0.25, 0.3) is 0 Å². The molecule has 0 aliphatic carbocycles. The predicted molar refractivity (Wildman–Crippen MR) is 63.8 cm³/mol. The first kappa shape index (κ1) is 12.2. The number of hydrogen-bond donors (Lipinski definition) is 1. The number of hydrogen-bond acceptors (Lipinski definition) is 2. The molecule has 0 aliphatic heterocycles. The summed E-state index contributed by atoms with van der Waals surface area (Å²) < 4.78 is 1.86. The molecule has 0 bridgehead atoms. The molecule has 1 rings (SSSR count). The molecular formula is C12H23N3. The van der Waals surface area contributed by atoms with Crippen LogP contribution in [0.5, 0.6) is 0 Å². The van der Waals surface area contributed by atoms with Crippen LogP contribution in [0.2, 0.25) is 0 Å². The summed E-state index contributed by atoms with van der Waals surface area (Å²) in [7, 11) is 1.96. The topological polar surface area (TPSA) is 29.9 Å². The fourth-order valence-electron chi connectivity index (χ4n) is 1.83. The lowest BCUT2D eigenvalue weighted by molar-refractivity contribution is 0.390. The molecule has 1 aromatic rings. The fraction of sp³-hybridized carbons (Fsp3) is 0.750. The predicted octanol–water partition coefficient (Wildman–Crippen LogP) is 1.99. The van der Waals surface area contributed by atoms with Crippen molar-refractivity contribution in [2.45, 2.75) is 39.7 Å². The van der Waals surface area contributed by atoms with Crippen molar-refractivity contribution in [3.63, 3.8) is 0 Å². The number of aryl methyl sites for hydroxylation is 1. The van der Waals surface area contributed by atoms with Crippen LogP contribution in [-0.4, -0.2) is 22.4 Å². The van der Waals surface area contributed by atoms with E-state index in [1.54, 1.807) is 0 Å². The van der Waals surface area contributed by atoms with Gasteiger partial charge in [-0.3, -0.25) is 4.68 Å². The third-order valence-electron chi connectivity index (χ3n) is 2.80. The second-order valence-electron chi connectivity index (χ2n) is 4.44. The van der Waals surface area contributed by atoms with Gasteiger partial charge in [0, 0.05) is 32.3 Å². The van der Waals surface area contributed by atoms with Crippen molar-refractivity contribution < 1.29 is 0 Å². The normalized spacial score (nSPS) is 13.4. The quantitative estimate of drug-likeness (QED) is 0.776. The van der Waals surface area contributed by atoms with Gasteiger partial charge in [-0.15, -0.1) is 0 Å². The zero-order valence-corrected chi connectivity index (χ0v) is 10.3. The van der Waals surface area contributed by atoms with Gasteiger partial charge in [-0.1, -0.05) is 20.8 Å². The maximum absolute atomic E-state index is 4.35. The van der Waals surface area contributed by atoms with Gasteiger partial charge in [-0.05, 0) is 18.4 Å². The van der Waals surface area contributed by atoms with E-state index in [4.69, 9.17) is 0 Å². The van der Waals surface area contributed by atoms with Gasteiger partial charge in [0.15, 0.2) is 0 Å². The summed E-state index contributed by atoms with van der Waals surface area (Å²) in [6.45, 7) is 7.79. The standard InChI is InChI=1S/C12H23N3/c1-5-12(10(2)3)13-8-6-11-7-9-15(4)14-11/h7,9-10,12-13H,5-6,8H2,1-4H3. The Bertz CT molecular complexity index is 278. The molecular weight excluding hydrogens is 186 g/mol. The van der Waals surface area contributed by atoms with Crippen LogP contribution in [0.1, 0.15) is 32.9 Å². The van der Waals surface area contributed by atoms with Gasteiger partial charge < -0.3 is 5.32 Å². The van der Waals surface area contributed by atoms with Gasteiger partial charge in [0.2, 0.25) is 0 Å². The molecule has 0 fully saturated rings. The van der Waals surface area contributed by atoms with E-state index in [2.05, 4.69) is 37.3 Å². The van der Waals surface area contributed by atoms with Crippen LogP contribution in [0, 0.1) is 5.92 Å². The van der Waals surface area contributed by atoms with Crippen molar-refractivity contribution >= 4 is 0 Å². The zero-order chi connectivity index (χ0) is 11.3. The van der Waals surface area contributed by atoms with Crippen molar-refractivity contribution in [3.8, 4) is 0 Å². The molecule has 0 amide bonds. The molecule has 15 heavy (non-hydrogen) atoms. The highest BCUT2D eigenvalue weighted by atomic mass is 15.2. The van der Waals surface area contributed by atoms with Gasteiger partial charge in [0.05, 0.1) is 5.69 Å². The van der Waals surface area contributed by atoms with Crippen molar-refractivity contribution in [1.29, 1.82) is 0 Å². The third kappa shape index (κ3) is 4.04. The molecule has 0 radical (unpaired) electrons. The molecule has 0 spiro atoms. The average molecular weight is 209 g/mol. The summed E-state index contributed by atoms with van der Waals surface area (Å²) in [4.78, 5) is 0. The first-order valence-electron chi connectivity index (χ1n) is 5.85. The Hall–Kier alpha value is -0.830. The van der Waals surface area contributed by atoms with Gasteiger partial charge >= 0.3 is 0 Å². The molecule has 0 saturated heterocycles. The Morgan fingerprint density at radius 2 is 2.20 bits per heavy atom. The number of aromatic nitrogens is 2. The van der Waals surface area contributed by atoms with E-state index >= 15 is 0 Å². The van der Waals surface area contributed by atoms with Crippen LogP contribution < -0.4 is 5.32 Å². The van der Waals surface area contributed by atoms with Crippen LogP contribution in [0.3, 0.4) is 0 Å². The summed E-state index contributed by atoms with van der Waals surface area (Å²) in [5, 5.41) is 7.93. The van der Waals surface area contributed by atoms with Crippen LogP contribution in [-0.2, 0) is 13.5 Å². The summed E-state index contributed by atoms with van der Waals surface area (Å²) in [6, 6.07) is 2.71. The molecule has 0 aromatic carbocycles. The van der Waals surface area contributed by atoms with Crippen LogP contribution in [0.4, 0.5) is 0 Å². The van der Waals surface area contributed by atoms with Crippen LogP contribution in [0.15, 0.2) is 12.3 Å². The summed E-state index contributed by atoms with van der Waals surface area (Å²) >= 11 is 0. The lowest BCUT2D eigenvalue weighted by atomic mass is 10.0. The molecule has 1 N–H and O–H groups in total. The van der Waals surface area contributed by atoms with E-state index in [0.29, 0.717) is 12.0 Å². The zero-order valence-electron chi connectivity index (χ0n) is 10.3. The summed E-state index contributed by atoms with van der Waals surface area (Å²) in [6.07, 6.45) is 4.21. The molecule has 86 valence electrons. The fourth-order valence-corrected chi connectivity index (χ4v) is 1.83. The Kier molecular flexibility index (Phi) is 4.82. The third-order valence-corrected chi connectivity index (χ3v) is 2.80. The highest BCUT2D eigenvalue weighted by Gasteiger charge is 2.09. The van der Waals surface area contributed by atoms with Gasteiger partial charge in [-0.2, -0.15) is 5.10 Å². The largest absolute Gasteiger partial charge is 0.313 e. The van der Waals surface area contributed by atoms with Gasteiger partial charge in [0.1, 0.15) is 0 Å². The Labute approximate surface area is 92.9 Å². The summed E-state index contributed by atoms with van der Waals surface area (Å²) in [5.74, 6) is 0.707. The molecule has 1 heterocycles. The minimum absolute atomic E-state index is 0.633. The smallest absolute Gasteiger partial charge is 0.0637 e. The van der Waals surface area contributed by atoms with Crippen molar-refractivity contribution in [2.75, 3.05) is 6.54 Å². The molecule has 3 nitrogen and oxygen atoms in total. The highest BCUT2D eigenvalue weighted by molar-refractivity contribution is 4.99. The minimum Gasteiger partial charge on any atom is -0.313 e. The van der Waals surface area contributed by atoms with E-state index in [-0.39, 0.29) is 0 Å². The number of nitrogens with zero attached hydrogens (tertiary/aromatic N) is 2. The molecule has 1 aromatic heterocycles. The van der Waals surface area contributed by atoms with Crippen LogP contribution in [0.25, 0.3) is 0 Å². The SMILES string of the molecule is CCC(NCCc1ccn(C)n1)C(C)C. The van der Waals surface area contributed by atoms with Gasteiger partial charge in [-0.25, -0.2) is 0 Å². The van der Waals surface area contributed by atoms with Crippen molar-refractivity contribution in [1.82, 2.24) is 15.1 Å². The summed E-state index contributed by atoms with van der Waals surface area (Å²) in [5.41, 5.74) is 1.17. The number of nitrogens with one attached hydrogen (secondary N) is 1. The number of rotatable bonds is 6. The van der Waals surface area contributed by atoms with Crippen molar-refractivity contribution in [2.24, 2.45) is 13.0 Å². The first-order chi connectivity index (χ1) is 7.13. The van der Waals surface area contributed by atoms with E-state index in [0.717, 1.165) is 13.0 Å². The van der Waals surface area contributed by atoms with E-state index in [1.807, 2.05) is 17.9 Å². The van der Waals surface area contributed by atoms with E-state index < -0.39 is 0 Å². The maximum atomic E-state index is 4.35. The first-order valence-corrected chi connectivity index (χ1v) is 5.85. The molecule has 0 saturated carbocycles. The van der Waals surface area contributed by atoms with E-state index in [1.165, 1.54) is 12.1 Å². The lowest BCUT2D eigenvalue weighted by Gasteiger charge is -2.20. The molecule has 3 heteroatoms. The highest BCUT2D eigenvalue weighted by Crippen LogP contribution is 2.05. The Morgan fingerprint density at radius 1 is 1.47 bits per heavy atom. The van der Waals surface area contributed by atoms with Crippen molar-refractivity contribution in [3.05, 3.63) is 18.0 Å². The molecule has 0 aliphatic rings. The minimum atomic E-state index is 0.633. The lowest BCUT2D eigenvalue weighted by Crippen LogP contribution is -2.34. The second-order valence-corrected chi connectivity index (χ2v) is 4.44. The molecule has 1 atom stereocenters.